The van der Waals surface area contributed by atoms with Crippen LogP contribution in [0.3, 0.4) is 0 Å². The fraction of sp³-hybridized carbons (Fsp3) is 0.951. The largest absolute Gasteiger partial charge is 0.462 e. The minimum atomic E-state index is -0.762. The van der Waals surface area contributed by atoms with E-state index < -0.39 is 6.10 Å². The Kier molecular flexibility index (Phi) is 54.0. The Morgan fingerprint density at radius 3 is 0.731 bits per heavy atom. The summed E-state index contributed by atoms with van der Waals surface area (Å²) in [7, 11) is 0. The van der Waals surface area contributed by atoms with E-state index >= 15 is 0 Å². The smallest absolute Gasteiger partial charge is 0.306 e. The van der Waals surface area contributed by atoms with Gasteiger partial charge < -0.3 is 14.2 Å². The molecule has 0 saturated carbocycles. The molecule has 0 radical (unpaired) electrons. The fourth-order valence-corrected chi connectivity index (χ4v) is 9.46. The maximum Gasteiger partial charge on any atom is 0.306 e. The summed E-state index contributed by atoms with van der Waals surface area (Å²) in [5, 5.41) is 0. The molecule has 0 saturated heterocycles. The van der Waals surface area contributed by atoms with E-state index in [1.54, 1.807) is 0 Å². The summed E-state index contributed by atoms with van der Waals surface area (Å²) in [6.07, 6.45) is 60.9. The van der Waals surface area contributed by atoms with Crippen molar-refractivity contribution in [3.63, 3.8) is 0 Å². The number of hydrogen-bond acceptors (Lipinski definition) is 6. The molecule has 6 heteroatoms. The van der Waals surface area contributed by atoms with Gasteiger partial charge in [0.05, 0.1) is 0 Å². The molecule has 0 aromatic carbocycles. The Bertz CT molecular complexity index is 1010. The molecule has 0 fully saturated rings. The molecule has 0 rings (SSSR count). The van der Waals surface area contributed by atoms with Gasteiger partial charge in [-0.2, -0.15) is 0 Å². The molecule has 67 heavy (non-hydrogen) atoms. The minimum absolute atomic E-state index is 0.0614. The lowest BCUT2D eigenvalue weighted by atomic mass is 10.0. The predicted octanol–water partition coefficient (Wildman–Crippen LogP) is 20.2. The number of esters is 3. The second-order valence-corrected chi connectivity index (χ2v) is 21.5. The normalized spacial score (nSPS) is 12.0. The van der Waals surface area contributed by atoms with Crippen molar-refractivity contribution in [3.8, 4) is 0 Å². The Morgan fingerprint density at radius 2 is 0.493 bits per heavy atom. The lowest BCUT2D eigenvalue weighted by Gasteiger charge is -2.18. The van der Waals surface area contributed by atoms with Crippen molar-refractivity contribution in [1.82, 2.24) is 0 Å². The van der Waals surface area contributed by atoms with Crippen LogP contribution in [0, 0.1) is 5.92 Å². The molecule has 0 aliphatic carbocycles. The molecule has 0 heterocycles. The number of carbonyl (C=O) groups is 3. The van der Waals surface area contributed by atoms with Crippen LogP contribution in [0.4, 0.5) is 0 Å². The summed E-state index contributed by atoms with van der Waals surface area (Å²) >= 11 is 0. The van der Waals surface area contributed by atoms with Crippen LogP contribution in [-0.2, 0) is 28.6 Å². The van der Waals surface area contributed by atoms with Crippen molar-refractivity contribution in [2.24, 2.45) is 5.92 Å². The van der Waals surface area contributed by atoms with Crippen LogP contribution < -0.4 is 0 Å². The monoisotopic (exact) mass is 947 g/mol. The third-order valence-electron chi connectivity index (χ3n) is 14.0. The molecule has 0 unspecified atom stereocenters. The first-order valence-electron chi connectivity index (χ1n) is 30.4. The topological polar surface area (TPSA) is 78.9 Å². The molecular formula is C61H118O6. The fourth-order valence-electron chi connectivity index (χ4n) is 9.46. The van der Waals surface area contributed by atoms with E-state index in [0.29, 0.717) is 19.3 Å². The van der Waals surface area contributed by atoms with Gasteiger partial charge in [-0.25, -0.2) is 0 Å². The van der Waals surface area contributed by atoms with Gasteiger partial charge in [-0.15, -0.1) is 0 Å². The predicted molar refractivity (Wildman–Crippen MR) is 289 cm³/mol. The van der Waals surface area contributed by atoms with E-state index in [4.69, 9.17) is 14.2 Å². The van der Waals surface area contributed by atoms with E-state index in [1.807, 2.05) is 0 Å². The highest BCUT2D eigenvalue weighted by molar-refractivity contribution is 5.71. The van der Waals surface area contributed by atoms with E-state index in [-0.39, 0.29) is 31.1 Å². The van der Waals surface area contributed by atoms with Crippen LogP contribution in [-0.4, -0.2) is 37.2 Å². The van der Waals surface area contributed by atoms with Crippen molar-refractivity contribution in [2.45, 2.75) is 355 Å². The van der Waals surface area contributed by atoms with Crippen LogP contribution in [0.15, 0.2) is 0 Å². The summed E-state index contributed by atoms with van der Waals surface area (Å²) < 4.78 is 16.9. The van der Waals surface area contributed by atoms with Crippen LogP contribution in [0.5, 0.6) is 0 Å². The van der Waals surface area contributed by atoms with Gasteiger partial charge in [0, 0.05) is 19.3 Å². The highest BCUT2D eigenvalue weighted by Crippen LogP contribution is 2.18. The van der Waals surface area contributed by atoms with Gasteiger partial charge in [0.25, 0.3) is 0 Å². The second kappa shape index (κ2) is 55.3. The lowest BCUT2D eigenvalue weighted by Crippen LogP contribution is -2.30. The Morgan fingerprint density at radius 1 is 0.284 bits per heavy atom. The molecule has 398 valence electrons. The first kappa shape index (κ1) is 65.4. The zero-order valence-corrected chi connectivity index (χ0v) is 45.9. The van der Waals surface area contributed by atoms with E-state index in [9.17, 15) is 14.4 Å². The van der Waals surface area contributed by atoms with Crippen molar-refractivity contribution < 1.29 is 28.6 Å². The van der Waals surface area contributed by atoms with Gasteiger partial charge >= 0.3 is 17.9 Å². The Balaban J connectivity index is 4.29. The standard InChI is InChI=1S/C61H118O6/c1-5-7-9-11-13-15-17-19-21-25-29-33-37-41-45-49-53-60(63)66-56-58(55-65-59(62)52-48-44-40-36-32-28-23-20-18-16-14-12-10-8-6-2)67-61(64)54-50-46-42-38-34-30-26-22-24-27-31-35-39-43-47-51-57(3)4/h57-58H,5-56H2,1-4H3/t58-/m0/s1. The first-order valence-corrected chi connectivity index (χ1v) is 30.4. The molecule has 0 aliphatic heterocycles. The SMILES string of the molecule is CCCCCCCCCCCCCCCCCCC(=O)OC[C@H](COC(=O)CCCCCCCCCCCCCCCCC)OC(=O)CCCCCCCCCCCCCCCCCC(C)C. The van der Waals surface area contributed by atoms with Gasteiger partial charge in [0.15, 0.2) is 6.10 Å². The molecule has 0 amide bonds. The van der Waals surface area contributed by atoms with Crippen molar-refractivity contribution in [2.75, 3.05) is 13.2 Å². The summed E-state index contributed by atoms with van der Waals surface area (Å²) in [4.78, 5) is 38.2. The molecule has 1 atom stereocenters. The highest BCUT2D eigenvalue weighted by atomic mass is 16.6. The number of ether oxygens (including phenoxy) is 3. The zero-order valence-electron chi connectivity index (χ0n) is 45.9. The van der Waals surface area contributed by atoms with Crippen LogP contribution in [0.2, 0.25) is 0 Å². The van der Waals surface area contributed by atoms with Crippen molar-refractivity contribution in [1.29, 1.82) is 0 Å². The molecule has 0 aliphatic rings. The highest BCUT2D eigenvalue weighted by Gasteiger charge is 2.19. The Hall–Kier alpha value is -1.59. The number of hydrogen-bond donors (Lipinski definition) is 0. The number of unbranched alkanes of at least 4 members (excludes halogenated alkanes) is 43. The van der Waals surface area contributed by atoms with E-state index in [0.717, 1.165) is 63.7 Å². The average molecular weight is 948 g/mol. The second-order valence-electron chi connectivity index (χ2n) is 21.5. The summed E-state index contributed by atoms with van der Waals surface area (Å²) in [5.41, 5.74) is 0. The maximum atomic E-state index is 12.9. The van der Waals surface area contributed by atoms with E-state index in [1.165, 1.54) is 244 Å². The number of carbonyl (C=O) groups excluding carboxylic acids is 3. The summed E-state index contributed by atoms with van der Waals surface area (Å²) in [6.45, 7) is 9.08. The number of rotatable bonds is 56. The molecular weight excluding hydrogens is 829 g/mol. The third-order valence-corrected chi connectivity index (χ3v) is 14.0. The van der Waals surface area contributed by atoms with E-state index in [2.05, 4.69) is 27.7 Å². The third kappa shape index (κ3) is 55.2. The van der Waals surface area contributed by atoms with Crippen molar-refractivity contribution >= 4 is 17.9 Å². The van der Waals surface area contributed by atoms with Gasteiger partial charge in [-0.3, -0.25) is 14.4 Å². The summed E-state index contributed by atoms with van der Waals surface area (Å²) in [6, 6.07) is 0. The van der Waals surface area contributed by atoms with Crippen LogP contribution >= 0.6 is 0 Å². The molecule has 0 bridgehead atoms. The average Bonchev–Trinajstić information content (AvgIpc) is 3.31. The lowest BCUT2D eigenvalue weighted by molar-refractivity contribution is -0.167. The quantitative estimate of drug-likeness (QED) is 0.0343. The summed E-state index contributed by atoms with van der Waals surface area (Å²) in [5.74, 6) is 0.0174. The van der Waals surface area contributed by atoms with Crippen LogP contribution in [0.25, 0.3) is 0 Å². The Labute approximate surface area is 418 Å². The van der Waals surface area contributed by atoms with Gasteiger partial charge in [-0.05, 0) is 25.2 Å². The first-order chi connectivity index (χ1) is 32.9. The molecule has 6 nitrogen and oxygen atoms in total. The molecule has 0 spiro atoms. The van der Waals surface area contributed by atoms with Crippen LogP contribution in [0.1, 0.15) is 349 Å². The van der Waals surface area contributed by atoms with Gasteiger partial charge in [-0.1, -0.05) is 310 Å². The van der Waals surface area contributed by atoms with Gasteiger partial charge in [0.2, 0.25) is 0 Å². The molecule has 0 aromatic heterocycles. The molecule has 0 aromatic rings. The maximum absolute atomic E-state index is 12.9. The molecule has 0 N–H and O–H groups in total. The minimum Gasteiger partial charge on any atom is -0.462 e. The van der Waals surface area contributed by atoms with Crippen molar-refractivity contribution in [3.05, 3.63) is 0 Å². The van der Waals surface area contributed by atoms with Gasteiger partial charge in [0.1, 0.15) is 13.2 Å². The zero-order chi connectivity index (χ0) is 48.8.